The molecule has 0 saturated heterocycles. The summed E-state index contributed by atoms with van der Waals surface area (Å²) < 4.78 is 18.4. The number of benzene rings is 2. The van der Waals surface area contributed by atoms with Crippen LogP contribution in [0.2, 0.25) is 0 Å². The third kappa shape index (κ3) is 2.92. The number of rotatable bonds is 3. The molecule has 0 radical (unpaired) electrons. The van der Waals surface area contributed by atoms with Gasteiger partial charge in [0.2, 0.25) is 0 Å². The molecule has 0 bridgehead atoms. The van der Waals surface area contributed by atoms with Gasteiger partial charge in [-0.1, -0.05) is 6.07 Å². The van der Waals surface area contributed by atoms with Gasteiger partial charge in [0, 0.05) is 0 Å². The van der Waals surface area contributed by atoms with E-state index in [1.54, 1.807) is 6.07 Å². The molecule has 2 aromatic rings. The van der Waals surface area contributed by atoms with Crippen molar-refractivity contribution in [1.82, 2.24) is 0 Å². The second-order valence-corrected chi connectivity index (χ2v) is 4.11. The Bertz CT molecular complexity index is 738. The number of phenols is 1. The van der Waals surface area contributed by atoms with E-state index in [0.717, 1.165) is 6.07 Å². The number of methoxy groups -OCH3 is 1. The van der Waals surface area contributed by atoms with Crippen LogP contribution in [0.5, 0.6) is 11.5 Å². The van der Waals surface area contributed by atoms with Crippen molar-refractivity contribution in [1.29, 1.82) is 5.26 Å². The van der Waals surface area contributed by atoms with Crippen molar-refractivity contribution >= 4 is 11.6 Å². The third-order valence-corrected chi connectivity index (χ3v) is 2.82. The summed E-state index contributed by atoms with van der Waals surface area (Å²) in [7, 11) is 1.43. The third-order valence-electron chi connectivity index (χ3n) is 2.82. The van der Waals surface area contributed by atoms with Gasteiger partial charge < -0.3 is 15.2 Å². The molecule has 21 heavy (non-hydrogen) atoms. The van der Waals surface area contributed by atoms with Crippen LogP contribution in [0, 0.1) is 17.1 Å². The molecule has 5 nitrogen and oxygen atoms in total. The lowest BCUT2D eigenvalue weighted by Gasteiger charge is -2.10. The molecule has 106 valence electrons. The molecule has 0 saturated carbocycles. The van der Waals surface area contributed by atoms with Gasteiger partial charge in [0.05, 0.1) is 18.4 Å². The van der Waals surface area contributed by atoms with Crippen LogP contribution in [0.4, 0.5) is 10.1 Å². The highest BCUT2D eigenvalue weighted by molar-refractivity contribution is 6.07. The highest BCUT2D eigenvalue weighted by atomic mass is 19.1. The molecule has 1 amide bonds. The number of nitrogens with zero attached hydrogens (tertiary/aromatic N) is 1. The second kappa shape index (κ2) is 5.92. The van der Waals surface area contributed by atoms with Crippen molar-refractivity contribution < 1.29 is 19.0 Å². The number of carbonyl (C=O) groups excluding carboxylic acids is 1. The first-order valence-corrected chi connectivity index (χ1v) is 5.93. The Hall–Kier alpha value is -3.07. The van der Waals surface area contributed by atoms with Crippen LogP contribution in [-0.4, -0.2) is 18.1 Å². The van der Waals surface area contributed by atoms with E-state index in [4.69, 9.17) is 10.00 Å². The van der Waals surface area contributed by atoms with E-state index < -0.39 is 11.7 Å². The fourth-order valence-corrected chi connectivity index (χ4v) is 1.76. The number of hydrogen-bond donors (Lipinski definition) is 2. The molecular weight excluding hydrogens is 275 g/mol. The van der Waals surface area contributed by atoms with Gasteiger partial charge in [-0.2, -0.15) is 5.26 Å². The highest BCUT2D eigenvalue weighted by Crippen LogP contribution is 2.25. The van der Waals surface area contributed by atoms with Gasteiger partial charge in [-0.25, -0.2) is 4.39 Å². The number of nitriles is 1. The summed E-state index contributed by atoms with van der Waals surface area (Å²) in [6, 6.07) is 9.72. The Kier molecular flexibility index (Phi) is 4.05. The van der Waals surface area contributed by atoms with E-state index in [1.165, 1.54) is 37.4 Å². The molecule has 0 fully saturated rings. The minimum absolute atomic E-state index is 0.0321. The number of hydrogen-bond acceptors (Lipinski definition) is 4. The first-order chi connectivity index (χ1) is 10.1. The lowest BCUT2D eigenvalue weighted by Crippen LogP contribution is -2.13. The molecule has 0 heterocycles. The largest absolute Gasteiger partial charge is 0.507 e. The summed E-state index contributed by atoms with van der Waals surface area (Å²) >= 11 is 0. The summed E-state index contributed by atoms with van der Waals surface area (Å²) in [6.45, 7) is 0. The number of phenolic OH excluding ortho intramolecular Hbond substituents is 1. The van der Waals surface area contributed by atoms with Crippen LogP contribution < -0.4 is 10.1 Å². The maximum absolute atomic E-state index is 13.5. The molecular formula is C15H11FN2O3. The van der Waals surface area contributed by atoms with E-state index in [1.807, 2.05) is 0 Å². The molecule has 2 aromatic carbocycles. The van der Waals surface area contributed by atoms with Gasteiger partial charge in [0.25, 0.3) is 5.91 Å². The van der Waals surface area contributed by atoms with Crippen molar-refractivity contribution in [2.45, 2.75) is 0 Å². The molecule has 0 spiro atoms. The summed E-state index contributed by atoms with van der Waals surface area (Å²) in [4.78, 5) is 12.1. The minimum atomic E-state index is -0.731. The molecule has 0 atom stereocenters. The Balaban J connectivity index is 2.35. The minimum Gasteiger partial charge on any atom is -0.507 e. The number of anilines is 1. The first kappa shape index (κ1) is 14.3. The lowest BCUT2D eigenvalue weighted by atomic mass is 10.1. The quantitative estimate of drug-likeness (QED) is 0.908. The average Bonchev–Trinajstić information content (AvgIpc) is 2.48. The van der Waals surface area contributed by atoms with Crippen molar-refractivity contribution in [2.75, 3.05) is 12.4 Å². The fraction of sp³-hybridized carbons (Fsp3) is 0.0667. The zero-order valence-electron chi connectivity index (χ0n) is 11.1. The monoisotopic (exact) mass is 286 g/mol. The molecule has 0 unspecified atom stereocenters. The van der Waals surface area contributed by atoms with Crippen molar-refractivity contribution in [3.8, 4) is 17.6 Å². The number of amides is 1. The number of aromatic hydroxyl groups is 1. The van der Waals surface area contributed by atoms with Crippen LogP contribution in [0.25, 0.3) is 0 Å². The zero-order valence-corrected chi connectivity index (χ0v) is 11.1. The van der Waals surface area contributed by atoms with Gasteiger partial charge in [-0.15, -0.1) is 0 Å². The Labute approximate surface area is 120 Å². The van der Waals surface area contributed by atoms with Crippen LogP contribution in [-0.2, 0) is 0 Å². The lowest BCUT2D eigenvalue weighted by molar-refractivity contribution is 0.102. The standard InChI is InChI=1S/C15H11FN2O3/c1-21-9-5-6-14(19)10(7-9)15(20)18-13-4-2-3-12(16)11(13)8-17/h2-7,19H,1H3,(H,18,20). The molecule has 2 rings (SSSR count). The Morgan fingerprint density at radius 3 is 2.81 bits per heavy atom. The predicted octanol–water partition coefficient (Wildman–Crippen LogP) is 2.66. The molecule has 0 aromatic heterocycles. The van der Waals surface area contributed by atoms with Crippen LogP contribution in [0.15, 0.2) is 36.4 Å². The van der Waals surface area contributed by atoms with E-state index in [2.05, 4.69) is 5.32 Å². The molecule has 0 aliphatic rings. The Morgan fingerprint density at radius 1 is 1.38 bits per heavy atom. The molecule has 0 aliphatic carbocycles. The van der Waals surface area contributed by atoms with Crippen LogP contribution >= 0.6 is 0 Å². The van der Waals surface area contributed by atoms with Crippen molar-refractivity contribution in [2.24, 2.45) is 0 Å². The average molecular weight is 286 g/mol. The maximum Gasteiger partial charge on any atom is 0.259 e. The Morgan fingerprint density at radius 2 is 2.14 bits per heavy atom. The summed E-state index contributed by atoms with van der Waals surface area (Å²) in [5.41, 5.74) is -0.277. The highest BCUT2D eigenvalue weighted by Gasteiger charge is 2.15. The summed E-state index contributed by atoms with van der Waals surface area (Å²) in [5, 5.41) is 21.0. The number of ether oxygens (including phenoxy) is 1. The van der Waals surface area contributed by atoms with E-state index in [9.17, 15) is 14.3 Å². The van der Waals surface area contributed by atoms with E-state index in [-0.39, 0.29) is 22.6 Å². The topological polar surface area (TPSA) is 82.3 Å². The van der Waals surface area contributed by atoms with Gasteiger partial charge in [-0.3, -0.25) is 4.79 Å². The van der Waals surface area contributed by atoms with E-state index in [0.29, 0.717) is 5.75 Å². The fourth-order valence-electron chi connectivity index (χ4n) is 1.76. The van der Waals surface area contributed by atoms with E-state index >= 15 is 0 Å². The van der Waals surface area contributed by atoms with Crippen molar-refractivity contribution in [3.63, 3.8) is 0 Å². The van der Waals surface area contributed by atoms with Crippen LogP contribution in [0.3, 0.4) is 0 Å². The number of carbonyl (C=O) groups is 1. The van der Waals surface area contributed by atoms with Crippen molar-refractivity contribution in [3.05, 3.63) is 53.3 Å². The number of nitrogens with one attached hydrogen (secondary N) is 1. The van der Waals surface area contributed by atoms with Gasteiger partial charge in [-0.05, 0) is 30.3 Å². The first-order valence-electron chi connectivity index (χ1n) is 5.93. The predicted molar refractivity (Wildman–Crippen MR) is 73.7 cm³/mol. The molecule has 0 aliphatic heterocycles. The summed E-state index contributed by atoms with van der Waals surface area (Å²) in [6.07, 6.45) is 0. The van der Waals surface area contributed by atoms with Gasteiger partial charge in [0.15, 0.2) is 0 Å². The normalized spacial score (nSPS) is 9.76. The number of halogens is 1. The molecule has 2 N–H and O–H groups in total. The SMILES string of the molecule is COc1ccc(O)c(C(=O)Nc2cccc(F)c2C#N)c1. The zero-order chi connectivity index (χ0) is 15.4. The second-order valence-electron chi connectivity index (χ2n) is 4.11. The van der Waals surface area contributed by atoms with Gasteiger partial charge in [0.1, 0.15) is 28.9 Å². The smallest absolute Gasteiger partial charge is 0.259 e. The van der Waals surface area contributed by atoms with Gasteiger partial charge >= 0.3 is 0 Å². The summed E-state index contributed by atoms with van der Waals surface area (Å²) in [5.74, 6) is -1.26. The maximum atomic E-state index is 13.5. The van der Waals surface area contributed by atoms with Crippen LogP contribution in [0.1, 0.15) is 15.9 Å². The molecule has 6 heteroatoms.